The van der Waals surface area contributed by atoms with Crippen LogP contribution in [0.1, 0.15) is 76.1 Å². The number of β-amino-alcohol motifs (C(OH)–C–C–N with tert-alkyl or cyclic N) is 1. The molecule has 39 heavy (non-hydrogen) atoms. The molecule has 3 unspecified atom stereocenters. The number of aliphatic hydroxyl groups excluding tert-OH is 1. The van der Waals surface area contributed by atoms with Crippen LogP contribution in [0.2, 0.25) is 0 Å². The van der Waals surface area contributed by atoms with Gasteiger partial charge in [-0.3, -0.25) is 14.4 Å². The number of piperidine rings is 1. The van der Waals surface area contributed by atoms with Gasteiger partial charge in [-0.25, -0.2) is 9.07 Å². The highest BCUT2D eigenvalue weighted by molar-refractivity contribution is 6.01. The van der Waals surface area contributed by atoms with Crippen molar-refractivity contribution in [1.82, 2.24) is 25.2 Å². The molecule has 2 N–H and O–H groups in total. The average Bonchev–Trinajstić information content (AvgIpc) is 3.48. The number of nitrogens with one attached hydrogen (secondary N) is 1. The molecule has 2 aliphatic heterocycles. The van der Waals surface area contributed by atoms with E-state index >= 15 is 0 Å². The van der Waals surface area contributed by atoms with Crippen LogP contribution in [0, 0.1) is 18.2 Å². The van der Waals surface area contributed by atoms with E-state index in [1.165, 1.54) is 15.9 Å². The molecule has 4 atom stereocenters. The largest absolute Gasteiger partial charge is 0.391 e. The third kappa shape index (κ3) is 5.54. The Kier molecular flexibility index (Phi) is 7.21. The molecule has 0 spiro atoms. The molecule has 5 rings (SSSR count). The molecule has 11 heteroatoms. The summed E-state index contributed by atoms with van der Waals surface area (Å²) in [6.45, 7) is 7.96. The normalized spacial score (nSPS) is 24.7. The molecule has 1 aliphatic carbocycles. The lowest BCUT2D eigenvalue weighted by Gasteiger charge is -2.36. The maximum Gasteiger partial charge on any atom is 0.249 e. The quantitative estimate of drug-likeness (QED) is 0.581. The maximum absolute atomic E-state index is 14.5. The number of rotatable bonds is 6. The van der Waals surface area contributed by atoms with Crippen LogP contribution < -0.4 is 10.2 Å². The van der Waals surface area contributed by atoms with Crippen molar-refractivity contribution >= 4 is 23.4 Å². The summed E-state index contributed by atoms with van der Waals surface area (Å²) in [5, 5.41) is 21.8. The van der Waals surface area contributed by atoms with Gasteiger partial charge in [0.25, 0.3) is 0 Å². The predicted octanol–water partition coefficient (Wildman–Crippen LogP) is 2.46. The van der Waals surface area contributed by atoms with E-state index in [2.05, 4.69) is 15.6 Å². The Balaban J connectivity index is 1.33. The minimum absolute atomic E-state index is 0.00687. The van der Waals surface area contributed by atoms with E-state index in [1.807, 2.05) is 33.9 Å². The van der Waals surface area contributed by atoms with Crippen LogP contribution in [-0.2, 0) is 14.4 Å². The SMILES string of the molecule is Cc1ccc(F)c(N2CCCC(NC(=O)C3CC(O)CN3C(=O)[C@@H](n3cc(C4CC4)nn3)C(C)(C)C)C2=O)c1. The summed E-state index contributed by atoms with van der Waals surface area (Å²) in [4.78, 5) is 43.5. The smallest absolute Gasteiger partial charge is 0.249 e. The van der Waals surface area contributed by atoms with Gasteiger partial charge in [0, 0.05) is 31.6 Å². The minimum Gasteiger partial charge on any atom is -0.391 e. The highest BCUT2D eigenvalue weighted by atomic mass is 19.1. The van der Waals surface area contributed by atoms with Gasteiger partial charge in [0.05, 0.1) is 17.5 Å². The molecule has 3 heterocycles. The van der Waals surface area contributed by atoms with E-state index in [4.69, 9.17) is 0 Å². The van der Waals surface area contributed by atoms with Gasteiger partial charge in [0.15, 0.2) is 0 Å². The second-order valence-electron chi connectivity index (χ2n) is 12.2. The van der Waals surface area contributed by atoms with Gasteiger partial charge in [-0.15, -0.1) is 5.10 Å². The van der Waals surface area contributed by atoms with Crippen LogP contribution in [0.4, 0.5) is 10.1 Å². The zero-order valence-electron chi connectivity index (χ0n) is 22.9. The van der Waals surface area contributed by atoms with E-state index in [-0.39, 0.29) is 24.6 Å². The maximum atomic E-state index is 14.5. The van der Waals surface area contributed by atoms with Gasteiger partial charge in [-0.2, -0.15) is 0 Å². The molecule has 0 bridgehead atoms. The summed E-state index contributed by atoms with van der Waals surface area (Å²) >= 11 is 0. The molecule has 1 saturated carbocycles. The Hall–Kier alpha value is -3.34. The number of carbonyl (C=O) groups excluding carboxylic acids is 3. The number of hydrogen-bond donors (Lipinski definition) is 2. The third-order valence-electron chi connectivity index (χ3n) is 7.85. The molecule has 210 valence electrons. The lowest BCUT2D eigenvalue weighted by molar-refractivity contribution is -0.144. The zero-order valence-corrected chi connectivity index (χ0v) is 22.9. The number of halogens is 1. The van der Waals surface area contributed by atoms with Crippen LogP contribution in [0.15, 0.2) is 24.4 Å². The topological polar surface area (TPSA) is 121 Å². The first-order chi connectivity index (χ1) is 18.4. The number of aromatic nitrogens is 3. The molecule has 2 saturated heterocycles. The lowest BCUT2D eigenvalue weighted by Crippen LogP contribution is -2.57. The van der Waals surface area contributed by atoms with E-state index in [1.54, 1.807) is 16.8 Å². The first kappa shape index (κ1) is 27.2. The van der Waals surface area contributed by atoms with Gasteiger partial charge in [-0.05, 0) is 55.7 Å². The Morgan fingerprint density at radius 3 is 2.64 bits per heavy atom. The molecule has 3 amide bonds. The molecule has 0 radical (unpaired) electrons. The van der Waals surface area contributed by atoms with Crippen molar-refractivity contribution < 1.29 is 23.9 Å². The Morgan fingerprint density at radius 2 is 1.95 bits per heavy atom. The number of anilines is 1. The summed E-state index contributed by atoms with van der Waals surface area (Å²) in [6, 6.07) is 2.07. The van der Waals surface area contributed by atoms with Gasteiger partial charge in [0.1, 0.15) is 23.9 Å². The third-order valence-corrected chi connectivity index (χ3v) is 7.85. The molecular formula is C28H37FN6O4. The fraction of sp³-hybridized carbons (Fsp3) is 0.607. The highest BCUT2D eigenvalue weighted by Gasteiger charge is 2.46. The minimum atomic E-state index is -0.942. The Labute approximate surface area is 227 Å². The molecule has 2 aromatic rings. The Morgan fingerprint density at radius 1 is 1.21 bits per heavy atom. The number of aliphatic hydroxyl groups is 1. The van der Waals surface area contributed by atoms with Gasteiger partial charge < -0.3 is 20.2 Å². The van der Waals surface area contributed by atoms with Crippen molar-refractivity contribution in [3.8, 4) is 0 Å². The first-order valence-electron chi connectivity index (χ1n) is 13.7. The second kappa shape index (κ2) is 10.3. The summed E-state index contributed by atoms with van der Waals surface area (Å²) in [7, 11) is 0. The van der Waals surface area contributed by atoms with Crippen LogP contribution in [-0.4, -0.2) is 74.0 Å². The summed E-state index contributed by atoms with van der Waals surface area (Å²) in [5.41, 5.74) is 1.33. The molecule has 1 aromatic heterocycles. The molecule has 3 fully saturated rings. The summed E-state index contributed by atoms with van der Waals surface area (Å²) < 4.78 is 16.1. The standard InChI is InChI=1S/C28H37FN6O4/c1-16-7-10-19(29)22(12-16)33-11-5-6-20(26(33)38)30-25(37)23-13-18(36)14-34(23)27(39)24(28(2,3)4)35-15-21(31-32-35)17-8-9-17/h7,10,12,15,17-18,20,23-24,36H,5-6,8-9,11,13-14H2,1-4H3,(H,30,37)/t18?,20?,23?,24-/m1/s1. The van der Waals surface area contributed by atoms with E-state index in [9.17, 15) is 23.9 Å². The number of carbonyl (C=O) groups is 3. The molecular weight excluding hydrogens is 503 g/mol. The van der Waals surface area contributed by atoms with Gasteiger partial charge in [0.2, 0.25) is 17.7 Å². The molecule has 3 aliphatic rings. The lowest BCUT2D eigenvalue weighted by atomic mass is 9.85. The van der Waals surface area contributed by atoms with Crippen molar-refractivity contribution in [3.63, 3.8) is 0 Å². The van der Waals surface area contributed by atoms with Crippen LogP contribution in [0.3, 0.4) is 0 Å². The fourth-order valence-corrected chi connectivity index (χ4v) is 5.67. The number of amides is 3. The van der Waals surface area contributed by atoms with Crippen LogP contribution in [0.25, 0.3) is 0 Å². The molecule has 1 aromatic carbocycles. The van der Waals surface area contributed by atoms with Crippen molar-refractivity contribution in [3.05, 3.63) is 41.5 Å². The van der Waals surface area contributed by atoms with Crippen molar-refractivity contribution in [1.29, 1.82) is 0 Å². The van der Waals surface area contributed by atoms with Crippen molar-refractivity contribution in [2.75, 3.05) is 18.0 Å². The van der Waals surface area contributed by atoms with E-state index in [0.717, 1.165) is 24.1 Å². The second-order valence-corrected chi connectivity index (χ2v) is 12.2. The van der Waals surface area contributed by atoms with Crippen molar-refractivity contribution in [2.45, 2.75) is 89.9 Å². The number of likely N-dealkylation sites (tertiary alicyclic amines) is 1. The monoisotopic (exact) mass is 540 g/mol. The number of nitrogens with zero attached hydrogens (tertiary/aromatic N) is 5. The predicted molar refractivity (Wildman–Crippen MR) is 141 cm³/mol. The summed E-state index contributed by atoms with van der Waals surface area (Å²) in [5.74, 6) is -1.34. The zero-order chi connectivity index (χ0) is 28.1. The number of benzene rings is 1. The van der Waals surface area contributed by atoms with Crippen LogP contribution in [0.5, 0.6) is 0 Å². The van der Waals surface area contributed by atoms with E-state index in [0.29, 0.717) is 25.3 Å². The van der Waals surface area contributed by atoms with Gasteiger partial charge >= 0.3 is 0 Å². The van der Waals surface area contributed by atoms with E-state index < -0.39 is 47.3 Å². The first-order valence-corrected chi connectivity index (χ1v) is 13.7. The van der Waals surface area contributed by atoms with Crippen LogP contribution >= 0.6 is 0 Å². The number of aryl methyl sites for hydroxylation is 1. The fourth-order valence-electron chi connectivity index (χ4n) is 5.67. The summed E-state index contributed by atoms with van der Waals surface area (Å²) in [6.07, 6.45) is 4.11. The highest BCUT2D eigenvalue weighted by Crippen LogP contribution is 2.40. The Bertz CT molecular complexity index is 1270. The molecule has 10 nitrogen and oxygen atoms in total. The van der Waals surface area contributed by atoms with Gasteiger partial charge in [-0.1, -0.05) is 32.1 Å². The number of hydrogen-bond acceptors (Lipinski definition) is 6. The average molecular weight is 541 g/mol. The van der Waals surface area contributed by atoms with Crippen molar-refractivity contribution in [2.24, 2.45) is 5.41 Å².